The van der Waals surface area contributed by atoms with Crippen LogP contribution in [-0.2, 0) is 0 Å². The van der Waals surface area contributed by atoms with Crippen molar-refractivity contribution in [2.75, 3.05) is 0 Å². The zero-order valence-corrected chi connectivity index (χ0v) is 7.84. The van der Waals surface area contributed by atoms with Gasteiger partial charge in [0.05, 0.1) is 0 Å². The largest absolute Gasteiger partial charge is 0.0885 e. The van der Waals surface area contributed by atoms with E-state index in [-0.39, 0.29) is 0 Å². The van der Waals surface area contributed by atoms with Crippen molar-refractivity contribution in [2.24, 2.45) is 11.8 Å². The molecule has 0 nitrogen and oxygen atoms in total. The van der Waals surface area contributed by atoms with Gasteiger partial charge in [-0.2, -0.15) is 0 Å². The standard InChI is InChI=1S/C11H20/c1-10-8-6-4-3-5-7-9-11(10)2/h4,6,10-11H,3,5,7-9H2,1-2H3. The quantitative estimate of drug-likeness (QED) is 0.463. The lowest BCUT2D eigenvalue weighted by Gasteiger charge is -2.16. The van der Waals surface area contributed by atoms with E-state index in [2.05, 4.69) is 26.0 Å². The molecule has 11 heavy (non-hydrogen) atoms. The van der Waals surface area contributed by atoms with E-state index >= 15 is 0 Å². The SMILES string of the molecule is CC1CC=CCCCCC1C. The summed E-state index contributed by atoms with van der Waals surface area (Å²) in [7, 11) is 0. The van der Waals surface area contributed by atoms with Crippen molar-refractivity contribution in [3.63, 3.8) is 0 Å². The third-order valence-electron chi connectivity index (χ3n) is 2.93. The van der Waals surface area contributed by atoms with Gasteiger partial charge in [0.15, 0.2) is 0 Å². The van der Waals surface area contributed by atoms with Crippen molar-refractivity contribution in [2.45, 2.75) is 46.0 Å². The van der Waals surface area contributed by atoms with Crippen LogP contribution in [0.5, 0.6) is 0 Å². The van der Waals surface area contributed by atoms with Gasteiger partial charge in [-0.05, 0) is 31.1 Å². The predicted molar refractivity (Wildman–Crippen MR) is 50.6 cm³/mol. The highest BCUT2D eigenvalue weighted by molar-refractivity contribution is 4.85. The Morgan fingerprint density at radius 3 is 2.64 bits per heavy atom. The summed E-state index contributed by atoms with van der Waals surface area (Å²) in [4.78, 5) is 0. The van der Waals surface area contributed by atoms with E-state index in [0.717, 1.165) is 11.8 Å². The summed E-state index contributed by atoms with van der Waals surface area (Å²) < 4.78 is 0. The Hall–Kier alpha value is -0.260. The maximum atomic E-state index is 2.39. The van der Waals surface area contributed by atoms with Gasteiger partial charge in [0.2, 0.25) is 0 Å². The fraction of sp³-hybridized carbons (Fsp3) is 0.818. The highest BCUT2D eigenvalue weighted by Crippen LogP contribution is 2.23. The van der Waals surface area contributed by atoms with Gasteiger partial charge in [0.25, 0.3) is 0 Å². The van der Waals surface area contributed by atoms with Crippen LogP contribution in [0.4, 0.5) is 0 Å². The van der Waals surface area contributed by atoms with Crippen LogP contribution in [0, 0.1) is 11.8 Å². The summed E-state index contributed by atoms with van der Waals surface area (Å²) in [5.74, 6) is 1.82. The average Bonchev–Trinajstić information content (AvgIpc) is 2.07. The molecular formula is C11H20. The summed E-state index contributed by atoms with van der Waals surface area (Å²) in [6.07, 6.45) is 11.6. The Morgan fingerprint density at radius 1 is 1.00 bits per heavy atom. The van der Waals surface area contributed by atoms with Crippen LogP contribution < -0.4 is 0 Å². The Labute approximate surface area is 70.7 Å². The predicted octanol–water partition coefficient (Wildman–Crippen LogP) is 3.78. The van der Waals surface area contributed by atoms with E-state index < -0.39 is 0 Å². The van der Waals surface area contributed by atoms with Gasteiger partial charge in [-0.1, -0.05) is 38.8 Å². The molecule has 0 saturated carbocycles. The van der Waals surface area contributed by atoms with Crippen LogP contribution in [0.2, 0.25) is 0 Å². The minimum atomic E-state index is 0.893. The molecule has 0 aromatic carbocycles. The van der Waals surface area contributed by atoms with Crippen LogP contribution in [0.25, 0.3) is 0 Å². The number of rotatable bonds is 0. The summed E-state index contributed by atoms with van der Waals surface area (Å²) in [6, 6.07) is 0. The molecule has 64 valence electrons. The maximum Gasteiger partial charge on any atom is -0.0322 e. The van der Waals surface area contributed by atoms with Crippen molar-refractivity contribution in [1.29, 1.82) is 0 Å². The first-order valence-corrected chi connectivity index (χ1v) is 4.95. The molecule has 0 aromatic heterocycles. The number of hydrogen-bond donors (Lipinski definition) is 0. The monoisotopic (exact) mass is 152 g/mol. The molecule has 0 spiro atoms. The van der Waals surface area contributed by atoms with Gasteiger partial charge in [-0.3, -0.25) is 0 Å². The van der Waals surface area contributed by atoms with Crippen molar-refractivity contribution in [3.8, 4) is 0 Å². The molecule has 0 N–H and O–H groups in total. The lowest BCUT2D eigenvalue weighted by Crippen LogP contribution is -2.06. The molecule has 1 aliphatic carbocycles. The molecule has 0 heteroatoms. The Kier molecular flexibility index (Phi) is 3.68. The molecule has 0 bridgehead atoms. The topological polar surface area (TPSA) is 0 Å². The van der Waals surface area contributed by atoms with Gasteiger partial charge in [0.1, 0.15) is 0 Å². The second kappa shape index (κ2) is 4.58. The molecule has 2 unspecified atom stereocenters. The fourth-order valence-corrected chi connectivity index (χ4v) is 1.67. The Balaban J connectivity index is 2.40. The van der Waals surface area contributed by atoms with E-state index in [4.69, 9.17) is 0 Å². The fourth-order valence-electron chi connectivity index (χ4n) is 1.67. The van der Waals surface area contributed by atoms with Gasteiger partial charge in [0, 0.05) is 0 Å². The molecule has 0 aromatic rings. The summed E-state index contributed by atoms with van der Waals surface area (Å²) in [5, 5.41) is 0. The van der Waals surface area contributed by atoms with Crippen LogP contribution in [0.3, 0.4) is 0 Å². The van der Waals surface area contributed by atoms with E-state index in [0.29, 0.717) is 0 Å². The van der Waals surface area contributed by atoms with E-state index in [1.165, 1.54) is 32.1 Å². The minimum absolute atomic E-state index is 0.893. The molecule has 2 atom stereocenters. The van der Waals surface area contributed by atoms with E-state index in [1.54, 1.807) is 0 Å². The van der Waals surface area contributed by atoms with Gasteiger partial charge < -0.3 is 0 Å². The molecule has 1 rings (SSSR count). The summed E-state index contributed by atoms with van der Waals surface area (Å²) in [5.41, 5.74) is 0. The van der Waals surface area contributed by atoms with Crippen LogP contribution in [-0.4, -0.2) is 0 Å². The van der Waals surface area contributed by atoms with Gasteiger partial charge >= 0.3 is 0 Å². The maximum absolute atomic E-state index is 2.39. The lowest BCUT2D eigenvalue weighted by molar-refractivity contribution is 0.359. The molecular weight excluding hydrogens is 132 g/mol. The Morgan fingerprint density at radius 2 is 1.82 bits per heavy atom. The second-order valence-corrected chi connectivity index (χ2v) is 3.95. The molecule has 0 heterocycles. The molecule has 1 aliphatic rings. The Bertz CT molecular complexity index is 124. The smallest absolute Gasteiger partial charge is 0.0322 e. The summed E-state index contributed by atoms with van der Waals surface area (Å²) in [6.45, 7) is 4.77. The zero-order chi connectivity index (χ0) is 8.10. The molecule has 0 aliphatic heterocycles. The van der Waals surface area contributed by atoms with Crippen LogP contribution in [0.1, 0.15) is 46.0 Å². The van der Waals surface area contributed by atoms with Gasteiger partial charge in [-0.25, -0.2) is 0 Å². The third kappa shape index (κ3) is 3.09. The number of allylic oxidation sites excluding steroid dienone is 2. The highest BCUT2D eigenvalue weighted by Gasteiger charge is 2.10. The summed E-state index contributed by atoms with van der Waals surface area (Å²) >= 11 is 0. The third-order valence-corrected chi connectivity index (χ3v) is 2.93. The highest BCUT2D eigenvalue weighted by atomic mass is 14.2. The first-order valence-electron chi connectivity index (χ1n) is 4.95. The normalized spacial score (nSPS) is 34.0. The minimum Gasteiger partial charge on any atom is -0.0885 e. The first-order chi connectivity index (χ1) is 5.30. The molecule has 0 radical (unpaired) electrons. The van der Waals surface area contributed by atoms with Crippen molar-refractivity contribution in [1.82, 2.24) is 0 Å². The number of hydrogen-bond acceptors (Lipinski definition) is 0. The van der Waals surface area contributed by atoms with E-state index in [1.807, 2.05) is 0 Å². The van der Waals surface area contributed by atoms with Gasteiger partial charge in [-0.15, -0.1) is 0 Å². The molecule has 0 saturated heterocycles. The van der Waals surface area contributed by atoms with Crippen LogP contribution >= 0.6 is 0 Å². The van der Waals surface area contributed by atoms with Crippen molar-refractivity contribution in [3.05, 3.63) is 12.2 Å². The second-order valence-electron chi connectivity index (χ2n) is 3.95. The van der Waals surface area contributed by atoms with Crippen molar-refractivity contribution < 1.29 is 0 Å². The average molecular weight is 152 g/mol. The first kappa shape index (κ1) is 8.83. The van der Waals surface area contributed by atoms with Crippen molar-refractivity contribution >= 4 is 0 Å². The lowest BCUT2D eigenvalue weighted by atomic mass is 9.89. The molecule has 0 amide bonds. The molecule has 0 fully saturated rings. The van der Waals surface area contributed by atoms with Crippen LogP contribution in [0.15, 0.2) is 12.2 Å². The zero-order valence-electron chi connectivity index (χ0n) is 7.84. The van der Waals surface area contributed by atoms with E-state index in [9.17, 15) is 0 Å².